The quantitative estimate of drug-likeness (QED) is 0.858. The van der Waals surface area contributed by atoms with Crippen LogP contribution in [0.4, 0.5) is 0 Å². The smallest absolute Gasteiger partial charge is 0.336 e. The molecular weight excluding hydrogens is 318 g/mol. The number of hydrogen-bond acceptors (Lipinski definition) is 4. The fourth-order valence-electron chi connectivity index (χ4n) is 6.56. The van der Waals surface area contributed by atoms with Crippen molar-refractivity contribution in [3.05, 3.63) is 33.4 Å². The lowest BCUT2D eigenvalue weighted by Gasteiger charge is -2.57. The molecule has 1 aliphatic heterocycles. The van der Waals surface area contributed by atoms with Crippen molar-refractivity contribution in [3.63, 3.8) is 0 Å². The van der Waals surface area contributed by atoms with E-state index in [-0.39, 0.29) is 12.2 Å². The Labute approximate surface area is 146 Å². The SMILES string of the molecule is O=C1Cc2oc(=O)cc(CCC34CC5CC(CC(C5)C3)C4)c2C(=O)N1. The van der Waals surface area contributed by atoms with E-state index in [9.17, 15) is 14.4 Å². The van der Waals surface area contributed by atoms with Crippen molar-refractivity contribution < 1.29 is 14.0 Å². The Balaban J connectivity index is 1.43. The predicted molar refractivity (Wildman–Crippen MR) is 90.1 cm³/mol. The zero-order valence-electron chi connectivity index (χ0n) is 14.3. The van der Waals surface area contributed by atoms with Crippen molar-refractivity contribution in [1.82, 2.24) is 5.32 Å². The van der Waals surface area contributed by atoms with Crippen molar-refractivity contribution in [2.75, 3.05) is 0 Å². The summed E-state index contributed by atoms with van der Waals surface area (Å²) in [6.45, 7) is 0. The van der Waals surface area contributed by atoms with E-state index in [2.05, 4.69) is 5.32 Å². The minimum Gasteiger partial charge on any atom is -0.426 e. The van der Waals surface area contributed by atoms with Crippen LogP contribution in [0.25, 0.3) is 0 Å². The summed E-state index contributed by atoms with van der Waals surface area (Å²) in [6, 6.07) is 1.45. The number of carbonyl (C=O) groups excluding carboxylic acids is 2. The molecule has 1 N–H and O–H groups in total. The van der Waals surface area contributed by atoms with Gasteiger partial charge in [0.1, 0.15) is 5.76 Å². The molecule has 6 rings (SSSR count). The molecule has 0 atom stereocenters. The summed E-state index contributed by atoms with van der Waals surface area (Å²) in [7, 11) is 0. The molecule has 2 amide bonds. The topological polar surface area (TPSA) is 76.4 Å². The molecule has 0 radical (unpaired) electrons. The molecule has 5 nitrogen and oxygen atoms in total. The fraction of sp³-hybridized carbons (Fsp3) is 0.650. The van der Waals surface area contributed by atoms with Gasteiger partial charge >= 0.3 is 5.63 Å². The second-order valence-electron chi connectivity index (χ2n) is 8.86. The number of nitrogens with one attached hydrogen (secondary N) is 1. The van der Waals surface area contributed by atoms with Crippen LogP contribution in [0.3, 0.4) is 0 Å². The fourth-order valence-corrected chi connectivity index (χ4v) is 6.56. The van der Waals surface area contributed by atoms with Gasteiger partial charge in [-0.25, -0.2) is 4.79 Å². The van der Waals surface area contributed by atoms with Gasteiger partial charge in [0, 0.05) is 6.07 Å². The van der Waals surface area contributed by atoms with Crippen molar-refractivity contribution in [3.8, 4) is 0 Å². The summed E-state index contributed by atoms with van der Waals surface area (Å²) >= 11 is 0. The molecule has 4 bridgehead atoms. The summed E-state index contributed by atoms with van der Waals surface area (Å²) in [4.78, 5) is 35.7. The van der Waals surface area contributed by atoms with Gasteiger partial charge in [0.15, 0.2) is 0 Å². The average Bonchev–Trinajstić information content (AvgIpc) is 2.50. The molecule has 132 valence electrons. The largest absolute Gasteiger partial charge is 0.426 e. The lowest BCUT2D eigenvalue weighted by Crippen LogP contribution is -2.46. The van der Waals surface area contributed by atoms with Crippen LogP contribution in [-0.2, 0) is 17.6 Å². The van der Waals surface area contributed by atoms with Gasteiger partial charge in [-0.3, -0.25) is 14.9 Å². The summed E-state index contributed by atoms with van der Waals surface area (Å²) in [5.74, 6) is 2.09. The highest BCUT2D eigenvalue weighted by Crippen LogP contribution is 2.61. The number of aryl methyl sites for hydroxylation is 1. The Kier molecular flexibility index (Phi) is 3.25. The Morgan fingerprint density at radius 1 is 1.04 bits per heavy atom. The molecule has 1 aromatic heterocycles. The van der Waals surface area contributed by atoms with E-state index in [1.807, 2.05) is 0 Å². The van der Waals surface area contributed by atoms with E-state index >= 15 is 0 Å². The second kappa shape index (κ2) is 5.29. The van der Waals surface area contributed by atoms with Gasteiger partial charge in [-0.15, -0.1) is 0 Å². The third-order valence-corrected chi connectivity index (χ3v) is 7.01. The molecule has 1 aromatic rings. The highest BCUT2D eigenvalue weighted by molar-refractivity contribution is 6.09. The van der Waals surface area contributed by atoms with Gasteiger partial charge in [0.25, 0.3) is 5.91 Å². The summed E-state index contributed by atoms with van der Waals surface area (Å²) in [5.41, 5.74) is 1.12. The van der Waals surface area contributed by atoms with Gasteiger partial charge in [0.2, 0.25) is 5.91 Å². The maximum Gasteiger partial charge on any atom is 0.336 e. The highest BCUT2D eigenvalue weighted by atomic mass is 16.4. The molecule has 4 fully saturated rings. The maximum atomic E-state index is 12.3. The predicted octanol–water partition coefficient (Wildman–Crippen LogP) is 2.60. The molecule has 25 heavy (non-hydrogen) atoms. The Bertz CT molecular complexity index is 786. The van der Waals surface area contributed by atoms with Crippen molar-refractivity contribution >= 4 is 11.8 Å². The van der Waals surface area contributed by atoms with Crippen molar-refractivity contribution in [2.45, 2.75) is 57.8 Å². The van der Waals surface area contributed by atoms with Crippen LogP contribution in [0.2, 0.25) is 0 Å². The maximum absolute atomic E-state index is 12.3. The summed E-state index contributed by atoms with van der Waals surface area (Å²) < 4.78 is 5.14. The molecule has 0 aromatic carbocycles. The molecule has 0 saturated heterocycles. The highest BCUT2D eigenvalue weighted by Gasteiger charge is 2.50. The minimum absolute atomic E-state index is 0.0263. The molecular formula is C20H23NO4. The number of amides is 2. The van der Waals surface area contributed by atoms with Gasteiger partial charge in [-0.1, -0.05) is 0 Å². The van der Waals surface area contributed by atoms with E-state index in [1.165, 1.54) is 44.6 Å². The first kappa shape index (κ1) is 15.4. The Hall–Kier alpha value is -1.91. The number of imide groups is 1. The van der Waals surface area contributed by atoms with Gasteiger partial charge < -0.3 is 4.42 Å². The van der Waals surface area contributed by atoms with Crippen LogP contribution in [0.1, 0.15) is 66.6 Å². The Morgan fingerprint density at radius 3 is 2.32 bits per heavy atom. The molecule has 4 saturated carbocycles. The molecule has 0 unspecified atom stereocenters. The number of hydrogen-bond donors (Lipinski definition) is 1. The van der Waals surface area contributed by atoms with Crippen molar-refractivity contribution in [2.24, 2.45) is 23.2 Å². The van der Waals surface area contributed by atoms with Crippen molar-refractivity contribution in [1.29, 1.82) is 0 Å². The first-order valence-corrected chi connectivity index (χ1v) is 9.50. The molecule has 5 aliphatic rings. The second-order valence-corrected chi connectivity index (χ2v) is 8.86. The third kappa shape index (κ3) is 2.55. The minimum atomic E-state index is -0.457. The van der Waals surface area contributed by atoms with Crippen LogP contribution in [0.15, 0.2) is 15.3 Å². The lowest BCUT2D eigenvalue weighted by atomic mass is 9.48. The van der Waals surface area contributed by atoms with Crippen LogP contribution < -0.4 is 10.9 Å². The van der Waals surface area contributed by atoms with Crippen LogP contribution in [0, 0.1) is 23.2 Å². The zero-order valence-corrected chi connectivity index (χ0v) is 14.3. The van der Waals surface area contributed by atoms with Gasteiger partial charge in [0.05, 0.1) is 12.0 Å². The van der Waals surface area contributed by atoms with E-state index in [4.69, 9.17) is 4.42 Å². The molecule has 2 heterocycles. The van der Waals surface area contributed by atoms with E-state index in [0.29, 0.717) is 11.0 Å². The van der Waals surface area contributed by atoms with E-state index in [0.717, 1.165) is 36.2 Å². The third-order valence-electron chi connectivity index (χ3n) is 7.01. The standard InChI is InChI=1S/C20H23NO4/c22-16-7-15-18(19(24)21-16)14(6-17(23)25-15)1-2-20-8-11-3-12(9-20)5-13(4-11)10-20/h6,11-13H,1-5,7-10H2,(H,21,22,24). The van der Waals surface area contributed by atoms with Crippen LogP contribution in [0.5, 0.6) is 0 Å². The molecule has 5 heteroatoms. The molecule has 4 aliphatic carbocycles. The Morgan fingerprint density at radius 2 is 1.68 bits per heavy atom. The lowest BCUT2D eigenvalue weighted by molar-refractivity contribution is -0.120. The molecule has 0 spiro atoms. The summed E-state index contributed by atoms with van der Waals surface area (Å²) in [5, 5.41) is 2.35. The average molecular weight is 341 g/mol. The number of fused-ring (bicyclic) bond motifs is 1. The van der Waals surface area contributed by atoms with Gasteiger partial charge in [-0.05, 0) is 80.1 Å². The zero-order chi connectivity index (χ0) is 17.2. The number of rotatable bonds is 3. The first-order chi connectivity index (χ1) is 12.0. The number of carbonyl (C=O) groups is 2. The summed E-state index contributed by atoms with van der Waals surface area (Å²) in [6.07, 6.45) is 9.90. The normalized spacial score (nSPS) is 35.6. The first-order valence-electron chi connectivity index (χ1n) is 9.50. The van der Waals surface area contributed by atoms with Gasteiger partial charge in [-0.2, -0.15) is 0 Å². The van der Waals surface area contributed by atoms with E-state index in [1.54, 1.807) is 0 Å². The van der Waals surface area contributed by atoms with E-state index < -0.39 is 17.4 Å². The van der Waals surface area contributed by atoms with Crippen LogP contribution in [-0.4, -0.2) is 11.8 Å². The van der Waals surface area contributed by atoms with Crippen LogP contribution >= 0.6 is 0 Å². The monoisotopic (exact) mass is 341 g/mol.